The molecule has 4 rings (SSSR count). The number of rotatable bonds is 3. The number of fused-ring (bicyclic) bond motifs is 1. The first-order valence-electron chi connectivity index (χ1n) is 7.57. The monoisotopic (exact) mass is 284 g/mol. The molecule has 108 valence electrons. The lowest BCUT2D eigenvalue weighted by Gasteiger charge is -2.09. The summed E-state index contributed by atoms with van der Waals surface area (Å²) in [5, 5.41) is 4.37. The Hall–Kier alpha value is -1.97. The normalized spacial score (nSPS) is 26.6. The van der Waals surface area contributed by atoms with Crippen molar-refractivity contribution in [2.75, 3.05) is 0 Å². The van der Waals surface area contributed by atoms with Crippen LogP contribution in [0.15, 0.2) is 41.2 Å². The van der Waals surface area contributed by atoms with Crippen LogP contribution in [-0.4, -0.2) is 9.78 Å². The summed E-state index contributed by atoms with van der Waals surface area (Å²) in [7, 11) is 0. The van der Waals surface area contributed by atoms with Gasteiger partial charge in [0.2, 0.25) is 0 Å². The van der Waals surface area contributed by atoms with E-state index in [1.807, 2.05) is 0 Å². The fraction of sp³-hybridized carbons (Fsp3) is 0.412. The minimum Gasteiger partial charge on any atom is -0.268 e. The van der Waals surface area contributed by atoms with Gasteiger partial charge in [-0.2, -0.15) is 5.10 Å². The maximum atomic E-state index is 13.8. The van der Waals surface area contributed by atoms with Crippen molar-refractivity contribution in [1.29, 1.82) is 0 Å². The molecule has 2 atom stereocenters. The van der Waals surface area contributed by atoms with Crippen LogP contribution in [0.4, 0.5) is 4.39 Å². The van der Waals surface area contributed by atoms with Gasteiger partial charge in [0.05, 0.1) is 5.69 Å². The molecule has 0 bridgehead atoms. The first-order chi connectivity index (χ1) is 10.2. The highest BCUT2D eigenvalue weighted by molar-refractivity contribution is 5.58. The first kappa shape index (κ1) is 12.7. The van der Waals surface area contributed by atoms with E-state index in [1.165, 1.54) is 36.1 Å². The number of hydrogen-bond acceptors (Lipinski definition) is 2. The summed E-state index contributed by atoms with van der Waals surface area (Å²) in [5.41, 5.74) is 0.876. The molecule has 4 heteroatoms. The van der Waals surface area contributed by atoms with Crippen molar-refractivity contribution in [2.45, 2.75) is 25.8 Å². The van der Waals surface area contributed by atoms with Crippen molar-refractivity contribution in [3.63, 3.8) is 0 Å². The van der Waals surface area contributed by atoms with Crippen LogP contribution >= 0.6 is 0 Å². The SMILES string of the molecule is O=c1ccc(-c2ccccc2F)nn1CC1C2CCCC21. The molecule has 2 aliphatic rings. The maximum absolute atomic E-state index is 13.8. The van der Waals surface area contributed by atoms with Gasteiger partial charge >= 0.3 is 0 Å². The topological polar surface area (TPSA) is 34.9 Å². The lowest BCUT2D eigenvalue weighted by molar-refractivity contribution is 0.463. The number of aromatic nitrogens is 2. The van der Waals surface area contributed by atoms with Gasteiger partial charge in [-0.25, -0.2) is 9.07 Å². The largest absolute Gasteiger partial charge is 0.268 e. The minimum absolute atomic E-state index is 0.0972. The molecule has 2 fully saturated rings. The van der Waals surface area contributed by atoms with Crippen molar-refractivity contribution in [3.8, 4) is 11.3 Å². The highest BCUT2D eigenvalue weighted by atomic mass is 19.1. The van der Waals surface area contributed by atoms with Crippen molar-refractivity contribution >= 4 is 0 Å². The lowest BCUT2D eigenvalue weighted by atomic mass is 10.1. The second-order valence-corrected chi connectivity index (χ2v) is 6.14. The predicted octanol–water partition coefficient (Wildman–Crippen LogP) is 3.10. The summed E-state index contributed by atoms with van der Waals surface area (Å²) in [6.45, 7) is 0.677. The fourth-order valence-electron chi connectivity index (χ4n) is 3.83. The van der Waals surface area contributed by atoms with Gasteiger partial charge in [-0.1, -0.05) is 18.6 Å². The van der Waals surface area contributed by atoms with E-state index < -0.39 is 0 Å². The molecule has 0 radical (unpaired) electrons. The molecule has 2 aliphatic carbocycles. The van der Waals surface area contributed by atoms with Gasteiger partial charge in [-0.05, 0) is 48.8 Å². The van der Waals surface area contributed by atoms with Gasteiger partial charge in [0, 0.05) is 18.2 Å². The molecule has 1 heterocycles. The van der Waals surface area contributed by atoms with Crippen molar-refractivity contribution < 1.29 is 4.39 Å². The number of nitrogens with zero attached hydrogens (tertiary/aromatic N) is 2. The van der Waals surface area contributed by atoms with Crippen LogP contribution in [0.25, 0.3) is 11.3 Å². The molecular formula is C17H17FN2O. The van der Waals surface area contributed by atoms with E-state index in [2.05, 4.69) is 5.10 Å². The highest BCUT2D eigenvalue weighted by Crippen LogP contribution is 2.57. The molecule has 0 N–H and O–H groups in total. The second kappa shape index (κ2) is 4.79. The van der Waals surface area contributed by atoms with E-state index >= 15 is 0 Å². The maximum Gasteiger partial charge on any atom is 0.266 e. The van der Waals surface area contributed by atoms with E-state index in [1.54, 1.807) is 24.3 Å². The van der Waals surface area contributed by atoms with Crippen LogP contribution in [0.3, 0.4) is 0 Å². The van der Waals surface area contributed by atoms with Crippen molar-refractivity contribution in [2.24, 2.45) is 17.8 Å². The minimum atomic E-state index is -0.307. The summed E-state index contributed by atoms with van der Waals surface area (Å²) >= 11 is 0. The van der Waals surface area contributed by atoms with E-state index in [0.717, 1.165) is 11.8 Å². The third-order valence-electron chi connectivity index (χ3n) is 4.98. The van der Waals surface area contributed by atoms with Gasteiger partial charge in [0.15, 0.2) is 0 Å². The summed E-state index contributed by atoms with van der Waals surface area (Å²) in [6, 6.07) is 9.63. The highest BCUT2D eigenvalue weighted by Gasteiger charge is 2.52. The van der Waals surface area contributed by atoms with Crippen LogP contribution in [0.2, 0.25) is 0 Å². The average molecular weight is 284 g/mol. The zero-order valence-corrected chi connectivity index (χ0v) is 11.7. The predicted molar refractivity (Wildman–Crippen MR) is 78.2 cm³/mol. The third-order valence-corrected chi connectivity index (χ3v) is 4.98. The molecule has 21 heavy (non-hydrogen) atoms. The second-order valence-electron chi connectivity index (χ2n) is 6.14. The summed E-state index contributed by atoms with van der Waals surface area (Å²) in [4.78, 5) is 12.0. The molecular weight excluding hydrogens is 267 g/mol. The Kier molecular flexibility index (Phi) is 2.91. The summed E-state index contributed by atoms with van der Waals surface area (Å²) in [6.07, 6.45) is 3.90. The average Bonchev–Trinajstić information content (AvgIpc) is 2.93. The van der Waals surface area contributed by atoms with E-state index in [9.17, 15) is 9.18 Å². The van der Waals surface area contributed by atoms with Crippen LogP contribution in [0, 0.1) is 23.6 Å². The number of hydrogen-bond donors (Lipinski definition) is 0. The molecule has 2 saturated carbocycles. The third kappa shape index (κ3) is 2.19. The van der Waals surface area contributed by atoms with Crippen LogP contribution in [0.5, 0.6) is 0 Å². The molecule has 3 nitrogen and oxygen atoms in total. The van der Waals surface area contributed by atoms with E-state index in [-0.39, 0.29) is 11.4 Å². The van der Waals surface area contributed by atoms with Crippen LogP contribution in [-0.2, 0) is 6.54 Å². The Balaban J connectivity index is 1.64. The molecule has 0 amide bonds. The molecule has 1 aromatic heterocycles. The van der Waals surface area contributed by atoms with Gasteiger partial charge < -0.3 is 0 Å². The van der Waals surface area contributed by atoms with E-state index in [0.29, 0.717) is 23.7 Å². The van der Waals surface area contributed by atoms with Crippen molar-refractivity contribution in [1.82, 2.24) is 9.78 Å². The Morgan fingerprint density at radius 3 is 2.67 bits per heavy atom. The lowest BCUT2D eigenvalue weighted by Crippen LogP contribution is -2.24. The Morgan fingerprint density at radius 2 is 1.90 bits per heavy atom. The Bertz CT molecular complexity index is 730. The first-order valence-corrected chi connectivity index (χ1v) is 7.57. The van der Waals surface area contributed by atoms with Crippen LogP contribution in [0.1, 0.15) is 19.3 Å². The van der Waals surface area contributed by atoms with Crippen molar-refractivity contribution in [3.05, 3.63) is 52.6 Å². The molecule has 0 aliphatic heterocycles. The van der Waals surface area contributed by atoms with E-state index in [4.69, 9.17) is 0 Å². The summed E-state index contributed by atoms with van der Waals surface area (Å²) < 4.78 is 15.4. The number of halogens is 1. The molecule has 0 spiro atoms. The molecule has 2 unspecified atom stereocenters. The zero-order valence-electron chi connectivity index (χ0n) is 11.7. The van der Waals surface area contributed by atoms with Gasteiger partial charge in [0.1, 0.15) is 5.82 Å². The summed E-state index contributed by atoms with van der Waals surface area (Å²) in [5.74, 6) is 1.87. The quantitative estimate of drug-likeness (QED) is 0.868. The Labute approximate surface area is 122 Å². The van der Waals surface area contributed by atoms with Crippen LogP contribution < -0.4 is 5.56 Å². The molecule has 1 aromatic carbocycles. The fourth-order valence-corrected chi connectivity index (χ4v) is 3.83. The van der Waals surface area contributed by atoms with Gasteiger partial charge in [-0.3, -0.25) is 4.79 Å². The van der Waals surface area contributed by atoms with Gasteiger partial charge in [0.25, 0.3) is 5.56 Å². The molecule has 0 saturated heterocycles. The number of benzene rings is 1. The standard InChI is InChI=1S/C17H17FN2O/c18-15-7-2-1-4-13(15)16-8-9-17(21)20(19-16)10-14-11-5-3-6-12(11)14/h1-2,4,7-9,11-12,14H,3,5-6,10H2. The zero-order chi connectivity index (χ0) is 14.4. The smallest absolute Gasteiger partial charge is 0.266 e. The van der Waals surface area contributed by atoms with Gasteiger partial charge in [-0.15, -0.1) is 0 Å². The molecule has 2 aromatic rings. The Morgan fingerprint density at radius 1 is 1.14 bits per heavy atom.